The molecular weight excluding hydrogens is 807 g/mol. The van der Waals surface area contributed by atoms with Gasteiger partial charge in [0.25, 0.3) is 17.8 Å². The summed E-state index contributed by atoms with van der Waals surface area (Å²) in [6.45, 7) is 19.7. The Kier molecular flexibility index (Phi) is 26.5. The summed E-state index contributed by atoms with van der Waals surface area (Å²) < 4.78 is 85.8. The van der Waals surface area contributed by atoms with E-state index in [0.717, 1.165) is 18.3 Å². The van der Waals surface area contributed by atoms with Crippen molar-refractivity contribution in [2.75, 3.05) is 7.11 Å². The number of halogens is 6. The van der Waals surface area contributed by atoms with Crippen molar-refractivity contribution < 1.29 is 31.1 Å². The van der Waals surface area contributed by atoms with Gasteiger partial charge in [0, 0.05) is 48.5 Å². The molecule has 0 saturated heterocycles. The second kappa shape index (κ2) is 29.7. The number of hydrogen-bond acceptors (Lipinski definition) is 3. The minimum atomic E-state index is -2.80. The number of benzene rings is 3. The van der Waals surface area contributed by atoms with Gasteiger partial charge in [-0.15, -0.1) is 0 Å². The molecule has 348 valence electrons. The molecule has 3 aromatic carbocycles. The summed E-state index contributed by atoms with van der Waals surface area (Å²) in [6, 6.07) is 35.4. The number of aryl methyl sites for hydroxylation is 2. The molecule has 63 heavy (non-hydrogen) atoms. The number of nitrogens with zero attached hydrogens (tertiary/aromatic N) is 2. The topological polar surface area (TPSA) is 35.0 Å². The smallest absolute Gasteiger partial charge is 0.289 e. The van der Waals surface area contributed by atoms with Crippen LogP contribution in [0.25, 0.3) is 0 Å². The molecule has 5 aromatic rings. The molecule has 0 radical (unpaired) electrons. The Bertz CT molecular complexity index is 1750. The average Bonchev–Trinajstić information content (AvgIpc) is 3.23. The van der Waals surface area contributed by atoms with Crippen LogP contribution in [0.5, 0.6) is 5.75 Å². The molecule has 0 aliphatic carbocycles. The quantitative estimate of drug-likeness (QED) is 0.0926. The van der Waals surface area contributed by atoms with Gasteiger partial charge in [-0.1, -0.05) is 154 Å². The zero-order valence-corrected chi connectivity index (χ0v) is 39.6. The first kappa shape index (κ1) is 56.4. The molecule has 0 aliphatic heterocycles. The lowest BCUT2D eigenvalue weighted by molar-refractivity contribution is -0.0293. The highest BCUT2D eigenvalue weighted by molar-refractivity contribution is 5.31. The Morgan fingerprint density at radius 3 is 1.35 bits per heavy atom. The Morgan fingerprint density at radius 2 is 0.889 bits per heavy atom. The normalized spacial score (nSPS) is 11.5. The van der Waals surface area contributed by atoms with Gasteiger partial charge in [0.05, 0.1) is 7.11 Å². The Hall–Kier alpha value is -4.66. The Balaban J connectivity index is 0.000000396. The standard InChI is InChI=1S/C12H16F2O.C11H14F2.C11H16.C10H13F2N.C10H15N/c1-9(2)8-12(13,14)10-5-4-6-11(7-10)15-3;1-9(2)8-11(12,13)10-6-4-3-5-7-10;1-10(2)8-9-11-6-4-3-5-7-11;1-8(2)7-10(11,12)9-5-3-4-6-13-9;1-9(2)6-7-10-5-3-4-8-11-10/h4-7,9H,8H2,1-3H3;3-7,9H,8H2,1-2H3;3-7,10H,8-9H2,1-2H3;3-6,8H,7H2,1-2H3;3-5,8-9H,6-7H2,1-2H3. The van der Waals surface area contributed by atoms with Crippen LogP contribution in [0.15, 0.2) is 134 Å². The first-order valence-corrected chi connectivity index (χ1v) is 22.3. The van der Waals surface area contributed by atoms with Crippen LogP contribution in [0.2, 0.25) is 0 Å². The van der Waals surface area contributed by atoms with E-state index in [9.17, 15) is 26.3 Å². The van der Waals surface area contributed by atoms with Crippen molar-refractivity contribution in [2.24, 2.45) is 29.6 Å². The molecule has 0 aliphatic rings. The van der Waals surface area contributed by atoms with E-state index in [-0.39, 0.29) is 53.8 Å². The number of rotatable bonds is 16. The fourth-order valence-corrected chi connectivity index (χ4v) is 6.07. The van der Waals surface area contributed by atoms with Crippen molar-refractivity contribution >= 4 is 0 Å². The molecule has 2 aromatic heterocycles. The zero-order chi connectivity index (χ0) is 47.5. The van der Waals surface area contributed by atoms with E-state index in [0.29, 0.717) is 5.75 Å². The van der Waals surface area contributed by atoms with E-state index in [2.05, 4.69) is 74.1 Å². The minimum absolute atomic E-state index is 0.00945. The molecule has 0 atom stereocenters. The third-order valence-corrected chi connectivity index (χ3v) is 9.28. The summed E-state index contributed by atoms with van der Waals surface area (Å²) in [5.41, 5.74) is 2.67. The fraction of sp³-hybridized carbons (Fsp3) is 0.481. The first-order valence-electron chi connectivity index (χ1n) is 22.3. The Morgan fingerprint density at radius 1 is 0.444 bits per heavy atom. The largest absolute Gasteiger partial charge is 0.497 e. The summed E-state index contributed by atoms with van der Waals surface area (Å²) in [6.07, 6.45) is 7.73. The fourth-order valence-electron chi connectivity index (χ4n) is 6.07. The van der Waals surface area contributed by atoms with Gasteiger partial charge in [0.15, 0.2) is 0 Å². The van der Waals surface area contributed by atoms with E-state index >= 15 is 0 Å². The van der Waals surface area contributed by atoms with E-state index in [1.54, 1.807) is 84.0 Å². The highest BCUT2D eigenvalue weighted by Crippen LogP contribution is 2.36. The molecular formula is C54H74F6N2O. The van der Waals surface area contributed by atoms with Crippen LogP contribution in [0.1, 0.15) is 129 Å². The minimum Gasteiger partial charge on any atom is -0.497 e. The number of ether oxygens (including phenoxy) is 1. The lowest BCUT2D eigenvalue weighted by atomic mass is 9.98. The maximum atomic E-state index is 13.7. The van der Waals surface area contributed by atoms with Gasteiger partial charge in [0.2, 0.25) is 0 Å². The van der Waals surface area contributed by atoms with Crippen molar-refractivity contribution in [3.8, 4) is 5.75 Å². The monoisotopic (exact) mass is 881 g/mol. The number of pyridine rings is 2. The SMILES string of the molecule is CC(C)CC(F)(F)c1ccccc1.CC(C)CC(F)(F)c1ccccn1.CC(C)CCc1ccccc1.CC(C)CCc1ccccn1.COc1cccc(C(F)(F)CC(C)C)c1. The number of alkyl halides is 6. The van der Waals surface area contributed by atoms with Crippen LogP contribution in [0, 0.1) is 29.6 Å². The van der Waals surface area contributed by atoms with E-state index in [1.807, 2.05) is 18.3 Å². The van der Waals surface area contributed by atoms with E-state index in [1.165, 1.54) is 74.2 Å². The van der Waals surface area contributed by atoms with Gasteiger partial charge >= 0.3 is 0 Å². The van der Waals surface area contributed by atoms with Crippen molar-refractivity contribution in [2.45, 2.75) is 132 Å². The summed E-state index contributed by atoms with van der Waals surface area (Å²) >= 11 is 0. The molecule has 0 bridgehead atoms. The predicted molar refractivity (Wildman–Crippen MR) is 251 cm³/mol. The maximum Gasteiger partial charge on any atom is 0.289 e. The lowest BCUT2D eigenvalue weighted by Crippen LogP contribution is -2.17. The number of methoxy groups -OCH3 is 1. The van der Waals surface area contributed by atoms with Crippen LogP contribution in [-0.2, 0) is 30.6 Å². The molecule has 0 spiro atoms. The van der Waals surface area contributed by atoms with Gasteiger partial charge in [-0.05, 0) is 97.2 Å². The van der Waals surface area contributed by atoms with E-state index < -0.39 is 17.8 Å². The van der Waals surface area contributed by atoms with Crippen molar-refractivity contribution in [3.63, 3.8) is 0 Å². The van der Waals surface area contributed by atoms with Crippen LogP contribution in [0.3, 0.4) is 0 Å². The summed E-state index contributed by atoms with van der Waals surface area (Å²) in [7, 11) is 1.47. The molecule has 9 heteroatoms. The second-order valence-electron chi connectivity index (χ2n) is 17.9. The van der Waals surface area contributed by atoms with Crippen LogP contribution < -0.4 is 4.74 Å². The molecule has 0 N–H and O–H groups in total. The van der Waals surface area contributed by atoms with Gasteiger partial charge in [-0.2, -0.15) is 8.78 Å². The third kappa shape index (κ3) is 25.9. The molecule has 0 unspecified atom stereocenters. The molecule has 0 fully saturated rings. The number of aromatic nitrogens is 2. The zero-order valence-electron chi connectivity index (χ0n) is 39.6. The van der Waals surface area contributed by atoms with Crippen molar-refractivity contribution in [3.05, 3.63) is 162 Å². The second-order valence-corrected chi connectivity index (χ2v) is 17.9. The van der Waals surface area contributed by atoms with Gasteiger partial charge in [-0.25, -0.2) is 17.6 Å². The lowest BCUT2D eigenvalue weighted by Gasteiger charge is -2.19. The van der Waals surface area contributed by atoms with Crippen molar-refractivity contribution in [1.29, 1.82) is 0 Å². The molecule has 3 nitrogen and oxygen atoms in total. The average molecular weight is 881 g/mol. The molecule has 0 amide bonds. The van der Waals surface area contributed by atoms with Crippen LogP contribution in [-0.4, -0.2) is 17.1 Å². The number of hydrogen-bond donors (Lipinski definition) is 0. The highest BCUT2D eigenvalue weighted by atomic mass is 19.3. The molecule has 2 heterocycles. The first-order chi connectivity index (χ1) is 29.6. The summed E-state index contributed by atoms with van der Waals surface area (Å²) in [5, 5.41) is 0. The van der Waals surface area contributed by atoms with Crippen molar-refractivity contribution in [1.82, 2.24) is 9.97 Å². The molecule has 0 saturated carbocycles. The highest BCUT2D eigenvalue weighted by Gasteiger charge is 2.34. The molecule has 5 rings (SSSR count). The third-order valence-electron chi connectivity index (χ3n) is 9.28. The van der Waals surface area contributed by atoms with Gasteiger partial charge in [-0.3, -0.25) is 9.97 Å². The Labute approximate surface area is 376 Å². The van der Waals surface area contributed by atoms with E-state index in [4.69, 9.17) is 4.74 Å². The summed E-state index contributed by atoms with van der Waals surface area (Å²) in [4.78, 5) is 7.90. The summed E-state index contributed by atoms with van der Waals surface area (Å²) in [5.74, 6) is -6.25. The predicted octanol–water partition coefficient (Wildman–Crippen LogP) is 16.8. The van der Waals surface area contributed by atoms with Gasteiger partial charge < -0.3 is 4.74 Å². The van der Waals surface area contributed by atoms with Crippen LogP contribution in [0.4, 0.5) is 26.3 Å². The maximum absolute atomic E-state index is 13.7. The van der Waals surface area contributed by atoms with Crippen LogP contribution >= 0.6 is 0 Å². The van der Waals surface area contributed by atoms with Gasteiger partial charge in [0.1, 0.15) is 11.4 Å².